The van der Waals surface area contributed by atoms with E-state index in [1.54, 1.807) is 43.5 Å². The van der Waals surface area contributed by atoms with Crippen molar-refractivity contribution in [3.63, 3.8) is 0 Å². The van der Waals surface area contributed by atoms with Gasteiger partial charge in [0.25, 0.3) is 5.91 Å². The molecular weight excluding hydrogens is 484 g/mol. The van der Waals surface area contributed by atoms with Gasteiger partial charge in [-0.2, -0.15) is 0 Å². The van der Waals surface area contributed by atoms with Crippen molar-refractivity contribution in [2.24, 2.45) is 11.8 Å². The van der Waals surface area contributed by atoms with Gasteiger partial charge < -0.3 is 24.4 Å². The minimum atomic E-state index is -0.170. The molecule has 2 aromatic rings. The van der Waals surface area contributed by atoms with Crippen LogP contribution in [0.5, 0.6) is 5.75 Å². The summed E-state index contributed by atoms with van der Waals surface area (Å²) in [5.74, 6) is 0.364. The molecule has 0 unspecified atom stereocenters. The number of fused-ring (bicyclic) bond motifs is 1. The number of nitrogens with zero attached hydrogens (tertiary/aromatic N) is 3. The quantitative estimate of drug-likeness (QED) is 0.640. The van der Waals surface area contributed by atoms with Crippen LogP contribution in [0.1, 0.15) is 42.6 Å². The number of pyridine rings is 1. The fourth-order valence-electron chi connectivity index (χ4n) is 5.08. The Morgan fingerprint density at radius 1 is 1.18 bits per heavy atom. The highest BCUT2D eigenvalue weighted by molar-refractivity contribution is 5.99. The molecule has 38 heavy (non-hydrogen) atoms. The average molecular weight is 525 g/mol. The standard InChI is InChI=1S/C29H40N4O5/c1-20-16-33(17-22-6-5-11-30-15-22)21(2)19-38-26-8-7-24(31-28(34)23-9-12-37-13-10-23)14-25(26)29(35)32(3)18-27(20)36-4/h5-8,11,14-15,20-21,23,27H,9-10,12-13,16-19H2,1-4H3,(H,31,34)/t20-,21-,27-/m1/s1. The number of nitrogens with one attached hydrogen (secondary N) is 1. The van der Waals surface area contributed by atoms with E-state index in [4.69, 9.17) is 14.2 Å². The van der Waals surface area contributed by atoms with Crippen LogP contribution >= 0.6 is 0 Å². The fraction of sp³-hybridized carbons (Fsp3) is 0.552. The van der Waals surface area contributed by atoms with E-state index in [2.05, 4.69) is 35.1 Å². The third-order valence-corrected chi connectivity index (χ3v) is 7.54. The Bertz CT molecular complexity index is 1080. The highest BCUT2D eigenvalue weighted by Crippen LogP contribution is 2.27. The van der Waals surface area contributed by atoms with Crippen LogP contribution in [0, 0.1) is 11.8 Å². The van der Waals surface area contributed by atoms with Gasteiger partial charge >= 0.3 is 0 Å². The van der Waals surface area contributed by atoms with Gasteiger partial charge in [0.15, 0.2) is 0 Å². The molecule has 9 nitrogen and oxygen atoms in total. The normalized spacial score (nSPS) is 24.1. The van der Waals surface area contributed by atoms with E-state index in [1.165, 1.54) is 0 Å². The van der Waals surface area contributed by atoms with E-state index < -0.39 is 0 Å². The number of amides is 2. The lowest BCUT2D eigenvalue weighted by molar-refractivity contribution is -0.122. The number of carbonyl (C=O) groups excluding carboxylic acids is 2. The van der Waals surface area contributed by atoms with E-state index in [-0.39, 0.29) is 35.8 Å². The topological polar surface area (TPSA) is 93.2 Å². The number of anilines is 1. The molecule has 4 rings (SSSR count). The van der Waals surface area contributed by atoms with E-state index >= 15 is 0 Å². The van der Waals surface area contributed by atoms with Crippen LogP contribution in [0.25, 0.3) is 0 Å². The Hall–Kier alpha value is -3.01. The summed E-state index contributed by atoms with van der Waals surface area (Å²) in [6.07, 6.45) is 4.92. The maximum absolute atomic E-state index is 13.6. The smallest absolute Gasteiger partial charge is 0.257 e. The summed E-state index contributed by atoms with van der Waals surface area (Å²) in [7, 11) is 3.47. The second kappa shape index (κ2) is 13.2. The van der Waals surface area contributed by atoms with Crippen LogP contribution in [0.2, 0.25) is 0 Å². The van der Waals surface area contributed by atoms with Gasteiger partial charge in [0, 0.05) is 77.0 Å². The number of likely N-dealkylation sites (N-methyl/N-ethyl adjacent to an activating group) is 1. The molecule has 0 saturated carbocycles. The predicted octanol–water partition coefficient (Wildman–Crippen LogP) is 3.45. The number of benzene rings is 1. The first-order valence-corrected chi connectivity index (χ1v) is 13.4. The molecule has 1 aromatic heterocycles. The molecule has 2 aliphatic rings. The molecule has 0 spiro atoms. The van der Waals surface area contributed by atoms with Crippen molar-refractivity contribution in [1.29, 1.82) is 0 Å². The summed E-state index contributed by atoms with van der Waals surface area (Å²) in [5, 5.41) is 2.99. The largest absolute Gasteiger partial charge is 0.491 e. The van der Waals surface area contributed by atoms with Crippen molar-refractivity contribution in [2.75, 3.05) is 52.4 Å². The van der Waals surface area contributed by atoms with Crippen LogP contribution in [0.4, 0.5) is 5.69 Å². The minimum absolute atomic E-state index is 0.0453. The van der Waals surface area contributed by atoms with Gasteiger partial charge in [-0.15, -0.1) is 0 Å². The lowest BCUT2D eigenvalue weighted by atomic mass is 9.99. The predicted molar refractivity (Wildman–Crippen MR) is 145 cm³/mol. The monoisotopic (exact) mass is 524 g/mol. The number of rotatable bonds is 5. The number of ether oxygens (including phenoxy) is 3. The minimum Gasteiger partial charge on any atom is -0.491 e. The van der Waals surface area contributed by atoms with Crippen molar-refractivity contribution in [3.8, 4) is 5.75 Å². The Labute approximate surface area is 225 Å². The molecule has 1 aromatic carbocycles. The summed E-state index contributed by atoms with van der Waals surface area (Å²) >= 11 is 0. The van der Waals surface area contributed by atoms with E-state index in [0.717, 1.165) is 18.7 Å². The summed E-state index contributed by atoms with van der Waals surface area (Å²) in [6.45, 7) is 7.82. The Balaban J connectivity index is 1.59. The zero-order valence-electron chi connectivity index (χ0n) is 22.9. The molecule has 206 valence electrons. The maximum Gasteiger partial charge on any atom is 0.257 e. The van der Waals surface area contributed by atoms with Crippen LogP contribution in [-0.4, -0.2) is 85.8 Å². The summed E-state index contributed by atoms with van der Waals surface area (Å²) in [6, 6.07) is 9.40. The van der Waals surface area contributed by atoms with E-state index in [9.17, 15) is 9.59 Å². The van der Waals surface area contributed by atoms with Gasteiger partial charge in [-0.05, 0) is 55.5 Å². The number of hydrogen-bond acceptors (Lipinski definition) is 7. The van der Waals surface area contributed by atoms with Crippen molar-refractivity contribution >= 4 is 17.5 Å². The molecule has 0 radical (unpaired) electrons. The third kappa shape index (κ3) is 7.09. The molecule has 0 bridgehead atoms. The highest BCUT2D eigenvalue weighted by Gasteiger charge is 2.29. The molecule has 3 atom stereocenters. The average Bonchev–Trinajstić information content (AvgIpc) is 2.94. The molecule has 1 fully saturated rings. The summed E-state index contributed by atoms with van der Waals surface area (Å²) in [5.41, 5.74) is 2.14. The molecular formula is C29H40N4O5. The number of hydrogen-bond donors (Lipinski definition) is 1. The molecule has 1 N–H and O–H groups in total. The van der Waals surface area contributed by atoms with Crippen LogP contribution in [0.3, 0.4) is 0 Å². The summed E-state index contributed by atoms with van der Waals surface area (Å²) in [4.78, 5) is 34.7. The lowest BCUT2D eigenvalue weighted by Gasteiger charge is -2.36. The van der Waals surface area contributed by atoms with Crippen molar-refractivity contribution in [2.45, 2.75) is 45.4 Å². The van der Waals surface area contributed by atoms with Crippen LogP contribution < -0.4 is 10.1 Å². The maximum atomic E-state index is 13.6. The zero-order valence-corrected chi connectivity index (χ0v) is 22.9. The van der Waals surface area contributed by atoms with Gasteiger partial charge in [0.1, 0.15) is 12.4 Å². The van der Waals surface area contributed by atoms with Gasteiger partial charge in [-0.3, -0.25) is 19.5 Å². The number of methoxy groups -OCH3 is 1. The van der Waals surface area contributed by atoms with Gasteiger partial charge in [-0.1, -0.05) is 13.0 Å². The van der Waals surface area contributed by atoms with Crippen molar-refractivity contribution in [1.82, 2.24) is 14.8 Å². The second-order valence-electron chi connectivity index (χ2n) is 10.5. The lowest BCUT2D eigenvalue weighted by Crippen LogP contribution is -2.46. The zero-order chi connectivity index (χ0) is 27.1. The van der Waals surface area contributed by atoms with Gasteiger partial charge in [0.2, 0.25) is 5.91 Å². The SMILES string of the molecule is CO[C@@H]1CN(C)C(=O)c2cc(NC(=O)C3CCOCC3)ccc2OC[C@@H](C)N(Cc2cccnc2)C[C@H]1C. The van der Waals surface area contributed by atoms with E-state index in [0.29, 0.717) is 56.2 Å². The second-order valence-corrected chi connectivity index (χ2v) is 10.5. The first-order chi connectivity index (χ1) is 18.4. The first kappa shape index (κ1) is 28.0. The van der Waals surface area contributed by atoms with Crippen LogP contribution in [-0.2, 0) is 20.8 Å². The number of aromatic nitrogens is 1. The number of carbonyl (C=O) groups is 2. The van der Waals surface area contributed by atoms with Gasteiger partial charge in [0.05, 0.1) is 11.7 Å². The molecule has 2 aliphatic heterocycles. The molecule has 1 saturated heterocycles. The molecule has 3 heterocycles. The Kier molecular flexibility index (Phi) is 9.71. The first-order valence-electron chi connectivity index (χ1n) is 13.4. The van der Waals surface area contributed by atoms with E-state index in [1.807, 2.05) is 12.3 Å². The van der Waals surface area contributed by atoms with Crippen LogP contribution in [0.15, 0.2) is 42.7 Å². The third-order valence-electron chi connectivity index (χ3n) is 7.54. The van der Waals surface area contributed by atoms with Gasteiger partial charge in [-0.25, -0.2) is 0 Å². The van der Waals surface area contributed by atoms with Crippen molar-refractivity contribution < 1.29 is 23.8 Å². The summed E-state index contributed by atoms with van der Waals surface area (Å²) < 4.78 is 17.5. The highest BCUT2D eigenvalue weighted by atomic mass is 16.5. The van der Waals surface area contributed by atoms with Crippen molar-refractivity contribution in [3.05, 3.63) is 53.9 Å². The fourth-order valence-corrected chi connectivity index (χ4v) is 5.08. The molecule has 9 heteroatoms. The molecule has 2 amide bonds. The molecule has 0 aliphatic carbocycles. The Morgan fingerprint density at radius 2 is 1.97 bits per heavy atom. The Morgan fingerprint density at radius 3 is 2.68 bits per heavy atom.